The molecule has 0 atom stereocenters. The molecule has 0 amide bonds. The van der Waals surface area contributed by atoms with Crippen molar-refractivity contribution in [2.75, 3.05) is 6.61 Å². The number of ether oxygens (including phenoxy) is 2. The summed E-state index contributed by atoms with van der Waals surface area (Å²) in [4.78, 5) is 10.5. The van der Waals surface area contributed by atoms with Gasteiger partial charge >= 0.3 is 12.1 Å². The van der Waals surface area contributed by atoms with Crippen LogP contribution in [0.3, 0.4) is 0 Å². The van der Waals surface area contributed by atoms with E-state index >= 15 is 0 Å². The van der Waals surface area contributed by atoms with E-state index in [1.807, 2.05) is 0 Å². The predicted octanol–water partition coefficient (Wildman–Crippen LogP) is 4.99. The van der Waals surface area contributed by atoms with E-state index in [2.05, 4.69) is 6.07 Å². The number of rotatable bonds is 10. The van der Waals surface area contributed by atoms with Crippen LogP contribution in [0.1, 0.15) is 30.4 Å². The standard InChI is InChI=1S/C21H19F2NO4/c22-21(23,17-7-4-16(5-8-17)6-13-20(25)26)28-19-11-9-18(10-12-19)27-15-3-1-2-14-24/h4-13H,1-3,15H2,(H,25,26)/b13-6+. The molecule has 5 nitrogen and oxygen atoms in total. The molecule has 0 fully saturated rings. The third kappa shape index (κ3) is 6.72. The van der Waals surface area contributed by atoms with E-state index in [9.17, 15) is 13.6 Å². The molecule has 146 valence electrons. The molecular formula is C21H19F2NO4. The van der Waals surface area contributed by atoms with E-state index in [1.54, 1.807) is 0 Å². The third-order valence-electron chi connectivity index (χ3n) is 3.69. The first-order chi connectivity index (χ1) is 13.4. The van der Waals surface area contributed by atoms with Gasteiger partial charge in [-0.25, -0.2) is 4.79 Å². The van der Waals surface area contributed by atoms with Crippen LogP contribution in [0.4, 0.5) is 8.78 Å². The van der Waals surface area contributed by atoms with Crippen LogP contribution in [0.2, 0.25) is 0 Å². The van der Waals surface area contributed by atoms with Crippen molar-refractivity contribution in [2.24, 2.45) is 0 Å². The molecule has 0 saturated carbocycles. The first-order valence-corrected chi connectivity index (χ1v) is 8.59. The lowest BCUT2D eigenvalue weighted by Crippen LogP contribution is -2.21. The van der Waals surface area contributed by atoms with E-state index in [4.69, 9.17) is 19.8 Å². The molecule has 0 unspecified atom stereocenters. The summed E-state index contributed by atoms with van der Waals surface area (Å²) in [5.74, 6) is -0.605. The van der Waals surface area contributed by atoms with Gasteiger partial charge in [-0.05, 0) is 60.9 Å². The minimum Gasteiger partial charge on any atom is -0.494 e. The summed E-state index contributed by atoms with van der Waals surface area (Å²) < 4.78 is 38.9. The lowest BCUT2D eigenvalue weighted by atomic mass is 10.1. The highest BCUT2D eigenvalue weighted by molar-refractivity contribution is 5.85. The number of unbranched alkanes of at least 4 members (excludes halogenated alkanes) is 2. The number of benzene rings is 2. The molecule has 0 bridgehead atoms. The number of carboxylic acid groups (broad SMARTS) is 1. The lowest BCUT2D eigenvalue weighted by molar-refractivity contribution is -0.185. The molecule has 2 rings (SSSR count). The van der Waals surface area contributed by atoms with Crippen LogP contribution in [-0.4, -0.2) is 17.7 Å². The molecule has 2 aromatic carbocycles. The Kier molecular flexibility index (Phi) is 7.52. The Morgan fingerprint density at radius 2 is 1.71 bits per heavy atom. The highest BCUT2D eigenvalue weighted by Crippen LogP contribution is 2.32. The Morgan fingerprint density at radius 1 is 1.07 bits per heavy atom. The predicted molar refractivity (Wildman–Crippen MR) is 99.0 cm³/mol. The zero-order valence-corrected chi connectivity index (χ0v) is 15.0. The van der Waals surface area contributed by atoms with Gasteiger partial charge in [-0.1, -0.05) is 12.1 Å². The molecule has 7 heteroatoms. The average Bonchev–Trinajstić information content (AvgIpc) is 2.67. The van der Waals surface area contributed by atoms with Crippen molar-refractivity contribution in [3.63, 3.8) is 0 Å². The smallest absolute Gasteiger partial charge is 0.426 e. The highest BCUT2D eigenvalue weighted by Gasteiger charge is 2.34. The molecule has 0 aliphatic rings. The summed E-state index contributed by atoms with van der Waals surface area (Å²) in [5.41, 5.74) is 0.135. The summed E-state index contributed by atoms with van der Waals surface area (Å²) in [6.07, 6.45) is 0.647. The van der Waals surface area contributed by atoms with Crippen molar-refractivity contribution in [3.05, 3.63) is 65.7 Å². The van der Waals surface area contributed by atoms with Crippen molar-refractivity contribution in [1.29, 1.82) is 5.26 Å². The van der Waals surface area contributed by atoms with Gasteiger partial charge in [-0.2, -0.15) is 14.0 Å². The van der Waals surface area contributed by atoms with Crippen molar-refractivity contribution in [2.45, 2.75) is 25.4 Å². The summed E-state index contributed by atoms with van der Waals surface area (Å²) in [6.45, 7) is 0.445. The second-order valence-corrected chi connectivity index (χ2v) is 5.85. The molecule has 0 heterocycles. The zero-order valence-electron chi connectivity index (χ0n) is 15.0. The molecular weight excluding hydrogens is 368 g/mol. The number of carboxylic acids is 1. The van der Waals surface area contributed by atoms with Crippen LogP contribution < -0.4 is 9.47 Å². The van der Waals surface area contributed by atoms with E-state index in [1.165, 1.54) is 54.6 Å². The molecule has 28 heavy (non-hydrogen) atoms. The fraction of sp³-hybridized carbons (Fsp3) is 0.238. The fourth-order valence-corrected chi connectivity index (χ4v) is 2.26. The van der Waals surface area contributed by atoms with Crippen molar-refractivity contribution < 1.29 is 28.2 Å². The summed E-state index contributed by atoms with van der Waals surface area (Å²) in [5, 5.41) is 17.0. The first-order valence-electron chi connectivity index (χ1n) is 8.59. The van der Waals surface area contributed by atoms with E-state index in [0.29, 0.717) is 24.3 Å². The zero-order chi connectivity index (χ0) is 20.4. The summed E-state index contributed by atoms with van der Waals surface area (Å²) in [6, 6.07) is 13.0. The summed E-state index contributed by atoms with van der Waals surface area (Å²) in [7, 11) is 0. The van der Waals surface area contributed by atoms with Crippen molar-refractivity contribution >= 4 is 12.0 Å². The Hall–Kier alpha value is -3.40. The van der Waals surface area contributed by atoms with Crippen molar-refractivity contribution in [1.82, 2.24) is 0 Å². The quantitative estimate of drug-likeness (QED) is 0.459. The molecule has 0 radical (unpaired) electrons. The monoisotopic (exact) mass is 387 g/mol. The number of halogens is 2. The first kappa shape index (κ1) is 20.9. The lowest BCUT2D eigenvalue weighted by Gasteiger charge is -2.18. The number of aliphatic carboxylic acids is 1. The molecule has 0 aromatic heterocycles. The summed E-state index contributed by atoms with van der Waals surface area (Å²) >= 11 is 0. The number of nitriles is 1. The minimum absolute atomic E-state index is 0.0170. The number of nitrogens with zero attached hydrogens (tertiary/aromatic N) is 1. The Labute approximate surface area is 161 Å². The van der Waals surface area contributed by atoms with Gasteiger partial charge in [0, 0.05) is 12.5 Å². The Balaban J connectivity index is 1.94. The minimum atomic E-state index is -3.55. The molecule has 0 aliphatic carbocycles. The van der Waals surface area contributed by atoms with Gasteiger partial charge in [-0.3, -0.25) is 0 Å². The third-order valence-corrected chi connectivity index (χ3v) is 3.69. The fourth-order valence-electron chi connectivity index (χ4n) is 2.26. The number of carbonyl (C=O) groups is 1. The van der Waals surface area contributed by atoms with Crippen LogP contribution in [0.15, 0.2) is 54.6 Å². The van der Waals surface area contributed by atoms with Gasteiger partial charge in [0.25, 0.3) is 0 Å². The number of alkyl halides is 2. The second-order valence-electron chi connectivity index (χ2n) is 5.85. The van der Waals surface area contributed by atoms with Crippen LogP contribution >= 0.6 is 0 Å². The molecule has 0 spiro atoms. The molecule has 1 N–H and O–H groups in total. The Morgan fingerprint density at radius 3 is 2.32 bits per heavy atom. The molecule has 0 saturated heterocycles. The average molecular weight is 387 g/mol. The normalized spacial score (nSPS) is 11.2. The second kappa shape index (κ2) is 10.1. The van der Waals surface area contributed by atoms with E-state index in [0.717, 1.165) is 18.9 Å². The van der Waals surface area contributed by atoms with Gasteiger partial charge in [0.05, 0.1) is 18.2 Å². The van der Waals surface area contributed by atoms with E-state index in [-0.39, 0.29) is 11.3 Å². The maximum absolute atomic E-state index is 14.3. The van der Waals surface area contributed by atoms with Crippen LogP contribution in [0, 0.1) is 11.3 Å². The molecule has 0 aliphatic heterocycles. The Bertz CT molecular complexity index is 840. The maximum atomic E-state index is 14.3. The van der Waals surface area contributed by atoms with Crippen LogP contribution in [0.25, 0.3) is 6.08 Å². The van der Waals surface area contributed by atoms with Gasteiger partial charge in [0.1, 0.15) is 11.5 Å². The van der Waals surface area contributed by atoms with E-state index < -0.39 is 12.1 Å². The SMILES string of the molecule is N#CCCCCOc1ccc(OC(F)(F)c2ccc(/C=C/C(=O)O)cc2)cc1. The van der Waals surface area contributed by atoms with Crippen LogP contribution in [0.5, 0.6) is 11.5 Å². The van der Waals surface area contributed by atoms with Gasteiger partial charge < -0.3 is 14.6 Å². The van der Waals surface area contributed by atoms with Gasteiger partial charge in [0.15, 0.2) is 0 Å². The molecule has 2 aromatic rings. The highest BCUT2D eigenvalue weighted by atomic mass is 19.3. The van der Waals surface area contributed by atoms with Crippen LogP contribution in [-0.2, 0) is 10.9 Å². The van der Waals surface area contributed by atoms with Gasteiger partial charge in [0.2, 0.25) is 0 Å². The van der Waals surface area contributed by atoms with Gasteiger partial charge in [-0.15, -0.1) is 0 Å². The largest absolute Gasteiger partial charge is 0.494 e. The van der Waals surface area contributed by atoms with Crippen molar-refractivity contribution in [3.8, 4) is 17.6 Å². The maximum Gasteiger partial charge on any atom is 0.426 e. The number of hydrogen-bond donors (Lipinski definition) is 1. The topological polar surface area (TPSA) is 79.5 Å². The number of hydrogen-bond acceptors (Lipinski definition) is 4.